The number of carboxylic acid groups (broad SMARTS) is 2. The Balaban J connectivity index is 0.000000244. The van der Waals surface area contributed by atoms with E-state index in [2.05, 4.69) is 44.1 Å². The van der Waals surface area contributed by atoms with Crippen LogP contribution in [-0.4, -0.2) is 55.4 Å². The molecule has 4 heterocycles. The van der Waals surface area contributed by atoms with Crippen LogP contribution in [0, 0.1) is 0 Å². The van der Waals surface area contributed by atoms with Gasteiger partial charge in [0.25, 0.3) is 0 Å². The highest BCUT2D eigenvalue weighted by molar-refractivity contribution is 5.73. The molecule has 1 atom stereocenters. The number of carboxylic acids is 2. The van der Waals surface area contributed by atoms with E-state index < -0.39 is 24.3 Å². The Hall–Kier alpha value is -3.68. The maximum Gasteiger partial charge on any atom is 0.490 e. The summed E-state index contributed by atoms with van der Waals surface area (Å²) in [6.45, 7) is 1.09. The van der Waals surface area contributed by atoms with E-state index in [4.69, 9.17) is 19.8 Å². The van der Waals surface area contributed by atoms with Crippen molar-refractivity contribution in [3.05, 3.63) is 54.9 Å². The molecule has 14 heteroatoms. The zero-order chi connectivity index (χ0) is 25.5. The average Bonchev–Trinajstić information content (AvgIpc) is 3.43. The molecule has 3 aromatic heterocycles. The Morgan fingerprint density at radius 2 is 1.62 bits per heavy atom. The van der Waals surface area contributed by atoms with Gasteiger partial charge >= 0.3 is 24.3 Å². The van der Waals surface area contributed by atoms with Gasteiger partial charge in [-0.2, -0.15) is 26.3 Å². The molecule has 3 aromatic rings. The molecule has 1 fully saturated rings. The van der Waals surface area contributed by atoms with Crippen molar-refractivity contribution in [3.63, 3.8) is 0 Å². The highest BCUT2D eigenvalue weighted by atomic mass is 19.4. The number of hydrogen-bond donors (Lipinski definition) is 3. The number of nitrogens with zero attached hydrogens (tertiary/aromatic N) is 3. The highest BCUT2D eigenvalue weighted by Gasteiger charge is 2.38. The van der Waals surface area contributed by atoms with Crippen LogP contribution >= 0.6 is 0 Å². The summed E-state index contributed by atoms with van der Waals surface area (Å²) in [4.78, 5) is 26.6. The van der Waals surface area contributed by atoms with E-state index >= 15 is 0 Å². The van der Waals surface area contributed by atoms with Crippen molar-refractivity contribution in [2.24, 2.45) is 0 Å². The second kappa shape index (κ2) is 11.0. The summed E-state index contributed by atoms with van der Waals surface area (Å²) < 4.78 is 65.6. The molecule has 0 aliphatic carbocycles. The second-order valence-electron chi connectivity index (χ2n) is 6.84. The fraction of sp³-hybridized carbons (Fsp3) is 0.300. The molecule has 0 spiro atoms. The molecule has 1 aliphatic heterocycles. The molecule has 0 saturated carbocycles. The standard InChI is InChI=1S/C16H16N4.2C2HF3O2/c1-3-12(9-17-7-1)13-5-6-15-16(14-4-2-8-18-14)19-11-20(15)10-13;2*3-2(4,5)1(6)7/h1,3,5-7,9-11,14,18H,2,4,8H2;2*(H,6,7). The van der Waals surface area contributed by atoms with Crippen LogP contribution in [0.5, 0.6) is 0 Å². The van der Waals surface area contributed by atoms with Crippen LogP contribution in [-0.2, 0) is 9.59 Å². The first-order chi connectivity index (χ1) is 15.8. The van der Waals surface area contributed by atoms with E-state index in [1.165, 1.54) is 24.1 Å². The summed E-state index contributed by atoms with van der Waals surface area (Å²) in [5.41, 5.74) is 4.65. The Labute approximate surface area is 187 Å². The van der Waals surface area contributed by atoms with Crippen LogP contribution in [0.1, 0.15) is 24.6 Å². The molecule has 0 bridgehead atoms. The van der Waals surface area contributed by atoms with Crippen molar-refractivity contribution in [3.8, 4) is 11.1 Å². The van der Waals surface area contributed by atoms with Gasteiger partial charge in [0.15, 0.2) is 0 Å². The van der Waals surface area contributed by atoms with Crippen LogP contribution < -0.4 is 5.32 Å². The summed E-state index contributed by atoms with van der Waals surface area (Å²) in [6.07, 6.45) is -0.0442. The zero-order valence-corrected chi connectivity index (χ0v) is 17.1. The number of carbonyl (C=O) groups is 2. The maximum absolute atomic E-state index is 10.6. The molecular weight excluding hydrogens is 474 g/mol. The lowest BCUT2D eigenvalue weighted by Crippen LogP contribution is -2.21. The molecule has 0 radical (unpaired) electrons. The normalized spacial score (nSPS) is 15.6. The molecule has 3 N–H and O–H groups in total. The number of rotatable bonds is 2. The van der Waals surface area contributed by atoms with Gasteiger partial charge in [0.05, 0.1) is 23.6 Å². The van der Waals surface area contributed by atoms with Gasteiger partial charge in [-0.05, 0) is 37.1 Å². The third-order valence-electron chi connectivity index (χ3n) is 4.43. The third kappa shape index (κ3) is 7.43. The van der Waals surface area contributed by atoms with Crippen LogP contribution in [0.15, 0.2) is 49.2 Å². The topological polar surface area (TPSA) is 117 Å². The van der Waals surface area contributed by atoms with Crippen molar-refractivity contribution >= 4 is 17.5 Å². The number of pyridine rings is 2. The molecule has 1 unspecified atom stereocenters. The van der Waals surface area contributed by atoms with E-state index in [1.807, 2.05) is 18.6 Å². The smallest absolute Gasteiger partial charge is 0.475 e. The van der Waals surface area contributed by atoms with Gasteiger partial charge < -0.3 is 19.9 Å². The van der Waals surface area contributed by atoms with Crippen molar-refractivity contribution in [1.82, 2.24) is 19.7 Å². The number of aromatic nitrogens is 3. The molecule has 34 heavy (non-hydrogen) atoms. The van der Waals surface area contributed by atoms with Gasteiger partial charge in [-0.15, -0.1) is 0 Å². The van der Waals surface area contributed by atoms with Crippen molar-refractivity contribution < 1.29 is 46.1 Å². The Morgan fingerprint density at radius 3 is 2.09 bits per heavy atom. The summed E-state index contributed by atoms with van der Waals surface area (Å²) in [5.74, 6) is -5.51. The van der Waals surface area contributed by atoms with E-state index in [-0.39, 0.29) is 0 Å². The van der Waals surface area contributed by atoms with Crippen LogP contribution in [0.25, 0.3) is 16.6 Å². The largest absolute Gasteiger partial charge is 0.490 e. The first-order valence-corrected chi connectivity index (χ1v) is 9.51. The summed E-state index contributed by atoms with van der Waals surface area (Å²) in [6, 6.07) is 8.74. The van der Waals surface area contributed by atoms with Gasteiger partial charge in [-0.3, -0.25) is 4.98 Å². The Morgan fingerprint density at radius 1 is 1.00 bits per heavy atom. The Kier molecular flexibility index (Phi) is 8.57. The zero-order valence-electron chi connectivity index (χ0n) is 17.1. The number of fused-ring (bicyclic) bond motifs is 1. The fourth-order valence-corrected chi connectivity index (χ4v) is 2.91. The van der Waals surface area contributed by atoms with Gasteiger partial charge in [-0.25, -0.2) is 14.6 Å². The summed E-state index contributed by atoms with van der Waals surface area (Å²) in [5, 5.41) is 17.8. The monoisotopic (exact) mass is 492 g/mol. The number of hydrogen-bond acceptors (Lipinski definition) is 5. The van der Waals surface area contributed by atoms with E-state index in [9.17, 15) is 26.3 Å². The van der Waals surface area contributed by atoms with E-state index in [0.29, 0.717) is 6.04 Å². The van der Waals surface area contributed by atoms with E-state index in [1.54, 1.807) is 6.20 Å². The summed E-state index contributed by atoms with van der Waals surface area (Å²) >= 11 is 0. The minimum atomic E-state index is -5.08. The molecule has 0 aromatic carbocycles. The van der Waals surface area contributed by atoms with Crippen LogP contribution in [0.2, 0.25) is 0 Å². The molecule has 1 saturated heterocycles. The van der Waals surface area contributed by atoms with Gasteiger partial charge in [0.2, 0.25) is 0 Å². The highest BCUT2D eigenvalue weighted by Crippen LogP contribution is 2.27. The SMILES string of the molecule is O=C(O)C(F)(F)F.O=C(O)C(F)(F)F.c1cncc(-c2ccc3c(C4CCCN4)ncn3c2)c1. The molecule has 4 rings (SSSR count). The number of imidazole rings is 1. The minimum absolute atomic E-state index is 0.407. The predicted molar refractivity (Wildman–Crippen MR) is 106 cm³/mol. The molecule has 0 amide bonds. The molecule has 184 valence electrons. The van der Waals surface area contributed by atoms with Gasteiger partial charge in [-0.1, -0.05) is 12.1 Å². The lowest BCUT2D eigenvalue weighted by molar-refractivity contribution is -0.193. The molecule has 8 nitrogen and oxygen atoms in total. The molecule has 1 aliphatic rings. The van der Waals surface area contributed by atoms with Gasteiger partial charge in [0.1, 0.15) is 0 Å². The maximum atomic E-state index is 10.6. The summed E-state index contributed by atoms with van der Waals surface area (Å²) in [7, 11) is 0. The average molecular weight is 492 g/mol. The Bertz CT molecular complexity index is 1090. The van der Waals surface area contributed by atoms with E-state index in [0.717, 1.165) is 17.7 Å². The van der Waals surface area contributed by atoms with Crippen LogP contribution in [0.4, 0.5) is 26.3 Å². The van der Waals surface area contributed by atoms with Crippen molar-refractivity contribution in [1.29, 1.82) is 0 Å². The van der Waals surface area contributed by atoms with Crippen molar-refractivity contribution in [2.75, 3.05) is 6.54 Å². The first-order valence-electron chi connectivity index (χ1n) is 9.51. The number of aliphatic carboxylic acids is 2. The number of alkyl halides is 6. The molecular formula is C20H18F6N4O4. The number of nitrogens with one attached hydrogen (secondary N) is 1. The third-order valence-corrected chi connectivity index (χ3v) is 4.43. The number of halogens is 6. The minimum Gasteiger partial charge on any atom is -0.475 e. The fourth-order valence-electron chi connectivity index (χ4n) is 2.91. The van der Waals surface area contributed by atoms with Crippen LogP contribution in [0.3, 0.4) is 0 Å². The van der Waals surface area contributed by atoms with Gasteiger partial charge in [0, 0.05) is 24.2 Å². The first kappa shape index (κ1) is 26.6. The lowest BCUT2D eigenvalue weighted by Gasteiger charge is -2.08. The second-order valence-corrected chi connectivity index (χ2v) is 6.84. The quantitative estimate of drug-likeness (QED) is 0.462. The predicted octanol–water partition coefficient (Wildman–Crippen LogP) is 4.09. The lowest BCUT2D eigenvalue weighted by atomic mass is 10.1. The van der Waals surface area contributed by atoms with Crippen molar-refractivity contribution in [2.45, 2.75) is 31.2 Å².